The molecular weight excluding hydrogens is 430 g/mol. The third kappa shape index (κ3) is 4.22. The van der Waals surface area contributed by atoms with Crippen LogP contribution in [0.5, 0.6) is 11.5 Å². The third-order valence-corrected chi connectivity index (χ3v) is 7.35. The molecule has 9 heteroatoms. The van der Waals surface area contributed by atoms with Crippen LogP contribution in [0.15, 0.2) is 22.1 Å². The van der Waals surface area contributed by atoms with Gasteiger partial charge in [-0.3, -0.25) is 14.5 Å². The van der Waals surface area contributed by atoms with Crippen molar-refractivity contribution in [3.05, 3.63) is 17.7 Å². The molecule has 1 aliphatic carbocycles. The molecule has 4 rings (SSSR count). The summed E-state index contributed by atoms with van der Waals surface area (Å²) in [5.74, 6) is 1.63. The van der Waals surface area contributed by atoms with Gasteiger partial charge >= 0.3 is 5.97 Å². The molecule has 1 amide bonds. The van der Waals surface area contributed by atoms with Crippen LogP contribution in [0.1, 0.15) is 51.0 Å². The van der Waals surface area contributed by atoms with Crippen LogP contribution in [0.2, 0.25) is 0 Å². The van der Waals surface area contributed by atoms with E-state index in [0.717, 1.165) is 24.8 Å². The van der Waals surface area contributed by atoms with E-state index < -0.39 is 11.3 Å². The van der Waals surface area contributed by atoms with Gasteiger partial charge in [0.1, 0.15) is 17.1 Å². The number of nitrogens with zero attached hydrogens (tertiary/aromatic N) is 3. The third-order valence-electron chi connectivity index (χ3n) is 6.30. The lowest BCUT2D eigenvalue weighted by molar-refractivity contribution is -0.139. The van der Waals surface area contributed by atoms with E-state index in [-0.39, 0.29) is 11.9 Å². The summed E-state index contributed by atoms with van der Waals surface area (Å²) in [4.78, 5) is 36.4. The highest BCUT2D eigenvalue weighted by Crippen LogP contribution is 2.42. The Morgan fingerprint density at radius 3 is 2.47 bits per heavy atom. The number of thioether (sulfide) groups is 1. The molecule has 0 saturated heterocycles. The molecule has 1 aromatic carbocycles. The Labute approximate surface area is 192 Å². The van der Waals surface area contributed by atoms with Crippen molar-refractivity contribution >= 4 is 40.3 Å². The molecular formula is C23H29N3O5S. The van der Waals surface area contributed by atoms with Crippen LogP contribution in [0.3, 0.4) is 0 Å². The van der Waals surface area contributed by atoms with Gasteiger partial charge in [0.2, 0.25) is 0 Å². The largest absolute Gasteiger partial charge is 0.493 e. The fourth-order valence-corrected chi connectivity index (χ4v) is 5.59. The van der Waals surface area contributed by atoms with Gasteiger partial charge in [-0.15, -0.1) is 0 Å². The first-order chi connectivity index (χ1) is 15.5. The Kier molecular flexibility index (Phi) is 6.74. The number of esters is 1. The summed E-state index contributed by atoms with van der Waals surface area (Å²) in [6.45, 7) is 1.77. The van der Waals surface area contributed by atoms with Gasteiger partial charge in [-0.2, -0.15) is 4.99 Å². The molecule has 0 N–H and O–H groups in total. The SMILES string of the molecule is COC(=O)[C@H](C)SC1=Nc2cc(OC)c(OC)cc2C2=NC(=O)[C@H](CC3CCCCC3)N12. The first-order valence-electron chi connectivity index (χ1n) is 11.0. The molecule has 1 saturated carbocycles. The van der Waals surface area contributed by atoms with Crippen molar-refractivity contribution in [1.29, 1.82) is 0 Å². The second-order valence-electron chi connectivity index (χ2n) is 8.30. The smallest absolute Gasteiger partial charge is 0.318 e. The molecule has 172 valence electrons. The van der Waals surface area contributed by atoms with Crippen molar-refractivity contribution in [3.63, 3.8) is 0 Å². The maximum absolute atomic E-state index is 13.1. The van der Waals surface area contributed by atoms with Gasteiger partial charge in [0, 0.05) is 11.6 Å². The van der Waals surface area contributed by atoms with Gasteiger partial charge in [0.05, 0.1) is 27.0 Å². The number of carbonyl (C=O) groups is 2. The van der Waals surface area contributed by atoms with Crippen LogP contribution in [0, 0.1) is 5.92 Å². The molecule has 1 fully saturated rings. The van der Waals surface area contributed by atoms with Crippen LogP contribution in [0.4, 0.5) is 5.69 Å². The van der Waals surface area contributed by atoms with Gasteiger partial charge in [-0.25, -0.2) is 4.99 Å². The molecule has 3 aliphatic rings. The van der Waals surface area contributed by atoms with Crippen molar-refractivity contribution in [3.8, 4) is 11.5 Å². The Morgan fingerprint density at radius 2 is 1.81 bits per heavy atom. The van der Waals surface area contributed by atoms with E-state index >= 15 is 0 Å². The predicted octanol–water partition coefficient (Wildman–Crippen LogP) is 3.93. The number of ether oxygens (including phenoxy) is 3. The monoisotopic (exact) mass is 459 g/mol. The predicted molar refractivity (Wildman–Crippen MR) is 124 cm³/mol. The minimum Gasteiger partial charge on any atom is -0.493 e. The highest BCUT2D eigenvalue weighted by atomic mass is 32.2. The van der Waals surface area contributed by atoms with Gasteiger partial charge in [0.15, 0.2) is 16.7 Å². The molecule has 2 aliphatic heterocycles. The van der Waals surface area contributed by atoms with Crippen molar-refractivity contribution in [2.24, 2.45) is 15.9 Å². The average Bonchev–Trinajstić information content (AvgIpc) is 3.14. The molecule has 0 spiro atoms. The number of rotatable bonds is 6. The molecule has 2 heterocycles. The number of amidine groups is 2. The standard InChI is InChI=1S/C23H29N3O5S/c1-13(22(28)31-4)32-23-24-16-12-19(30-3)18(29-2)11-15(16)20-25-21(27)17(26(20)23)10-14-8-6-5-7-9-14/h11-14,17H,5-10H2,1-4H3/t13-,17-/m0/s1. The first kappa shape index (κ1) is 22.6. The molecule has 0 bridgehead atoms. The van der Waals surface area contributed by atoms with Crippen LogP contribution < -0.4 is 9.47 Å². The lowest BCUT2D eigenvalue weighted by atomic mass is 9.84. The summed E-state index contributed by atoms with van der Waals surface area (Å²) in [5.41, 5.74) is 1.35. The fraction of sp³-hybridized carbons (Fsp3) is 0.565. The Morgan fingerprint density at radius 1 is 1.12 bits per heavy atom. The minimum atomic E-state index is -0.479. The van der Waals surface area contributed by atoms with Crippen LogP contribution in [-0.2, 0) is 14.3 Å². The van der Waals surface area contributed by atoms with E-state index in [1.165, 1.54) is 38.1 Å². The Balaban J connectivity index is 1.74. The second kappa shape index (κ2) is 9.52. The van der Waals surface area contributed by atoms with Gasteiger partial charge in [-0.05, 0) is 25.3 Å². The number of aliphatic imine (C=N–C) groups is 2. The number of fused-ring (bicyclic) bond motifs is 3. The minimum absolute atomic E-state index is 0.160. The van der Waals surface area contributed by atoms with Crippen LogP contribution >= 0.6 is 11.8 Å². The van der Waals surface area contributed by atoms with Gasteiger partial charge < -0.3 is 14.2 Å². The van der Waals surface area contributed by atoms with Crippen molar-refractivity contribution < 1.29 is 23.8 Å². The first-order valence-corrected chi connectivity index (χ1v) is 11.9. The number of amides is 1. The van der Waals surface area contributed by atoms with E-state index in [2.05, 4.69) is 4.99 Å². The fourth-order valence-electron chi connectivity index (χ4n) is 4.60. The highest BCUT2D eigenvalue weighted by molar-refractivity contribution is 8.14. The number of carbonyl (C=O) groups excluding carboxylic acids is 2. The van der Waals surface area contributed by atoms with Crippen LogP contribution in [-0.4, -0.2) is 60.4 Å². The molecule has 0 radical (unpaired) electrons. The quantitative estimate of drug-likeness (QED) is 0.596. The zero-order chi connectivity index (χ0) is 22.8. The average molecular weight is 460 g/mol. The van der Waals surface area contributed by atoms with E-state index in [1.807, 2.05) is 11.0 Å². The summed E-state index contributed by atoms with van der Waals surface area (Å²) in [6, 6.07) is 3.17. The molecule has 8 nitrogen and oxygen atoms in total. The van der Waals surface area contributed by atoms with E-state index in [4.69, 9.17) is 19.2 Å². The van der Waals surface area contributed by atoms with Crippen molar-refractivity contribution in [2.75, 3.05) is 21.3 Å². The zero-order valence-corrected chi connectivity index (χ0v) is 19.7. The molecule has 0 unspecified atom stereocenters. The molecule has 2 atom stereocenters. The summed E-state index contributed by atoms with van der Waals surface area (Å²) >= 11 is 1.28. The Bertz CT molecular complexity index is 971. The molecule has 0 aromatic heterocycles. The maximum atomic E-state index is 13.1. The highest BCUT2D eigenvalue weighted by Gasteiger charge is 2.44. The van der Waals surface area contributed by atoms with Crippen molar-refractivity contribution in [2.45, 2.75) is 56.7 Å². The maximum Gasteiger partial charge on any atom is 0.318 e. The number of hydrogen-bond donors (Lipinski definition) is 0. The summed E-state index contributed by atoms with van der Waals surface area (Å²) in [7, 11) is 4.50. The van der Waals surface area contributed by atoms with Crippen molar-refractivity contribution in [1.82, 2.24) is 4.90 Å². The lowest BCUT2D eigenvalue weighted by Crippen LogP contribution is -2.45. The molecule has 1 aromatic rings. The van der Waals surface area contributed by atoms with Crippen LogP contribution in [0.25, 0.3) is 0 Å². The Hall–Kier alpha value is -2.55. The van der Waals surface area contributed by atoms with Gasteiger partial charge in [-0.1, -0.05) is 43.9 Å². The summed E-state index contributed by atoms with van der Waals surface area (Å²) in [5, 5.41) is 0.0979. The molecule has 32 heavy (non-hydrogen) atoms. The summed E-state index contributed by atoms with van der Waals surface area (Å²) in [6.07, 6.45) is 6.66. The summed E-state index contributed by atoms with van der Waals surface area (Å²) < 4.78 is 15.8. The normalized spacial score (nSPS) is 21.3. The lowest BCUT2D eigenvalue weighted by Gasteiger charge is -2.34. The van der Waals surface area contributed by atoms with E-state index in [9.17, 15) is 9.59 Å². The number of benzene rings is 1. The van der Waals surface area contributed by atoms with E-state index in [1.54, 1.807) is 27.2 Å². The number of methoxy groups -OCH3 is 3. The second-order valence-corrected chi connectivity index (χ2v) is 9.61. The zero-order valence-electron chi connectivity index (χ0n) is 18.9. The van der Waals surface area contributed by atoms with E-state index in [0.29, 0.717) is 34.1 Å². The number of hydrogen-bond acceptors (Lipinski definition) is 8. The van der Waals surface area contributed by atoms with Gasteiger partial charge in [0.25, 0.3) is 5.91 Å². The topological polar surface area (TPSA) is 89.8 Å².